The Morgan fingerprint density at radius 1 is 1.44 bits per heavy atom. The minimum atomic E-state index is -0.722. The summed E-state index contributed by atoms with van der Waals surface area (Å²) in [6.07, 6.45) is 0.993. The molecule has 1 atom stereocenters. The molecule has 0 radical (unpaired) electrons. The standard InChI is InChI=1S/C11H12F2N2O/c1-14-9-3-2-6-4-7(12)5-8(13)10(6)15-11(9)16/h4-5,9,14H,2-3H2,1H3,(H,15,16)/t9-/m1/s1. The van der Waals surface area contributed by atoms with Gasteiger partial charge < -0.3 is 10.6 Å². The Morgan fingerprint density at radius 2 is 2.19 bits per heavy atom. The molecule has 0 aliphatic carbocycles. The highest BCUT2D eigenvalue weighted by molar-refractivity contribution is 5.96. The van der Waals surface area contributed by atoms with Crippen molar-refractivity contribution in [2.45, 2.75) is 18.9 Å². The molecule has 0 aromatic heterocycles. The number of carbonyl (C=O) groups is 1. The number of anilines is 1. The lowest BCUT2D eigenvalue weighted by Crippen LogP contribution is -2.37. The third kappa shape index (κ3) is 1.90. The van der Waals surface area contributed by atoms with E-state index in [-0.39, 0.29) is 17.6 Å². The molecule has 0 fully saturated rings. The van der Waals surface area contributed by atoms with E-state index >= 15 is 0 Å². The van der Waals surface area contributed by atoms with Gasteiger partial charge in [-0.25, -0.2) is 8.78 Å². The maximum atomic E-state index is 13.4. The molecule has 86 valence electrons. The molecule has 2 rings (SSSR count). The van der Waals surface area contributed by atoms with Crippen molar-refractivity contribution in [1.82, 2.24) is 5.32 Å². The Kier molecular flexibility index (Phi) is 2.87. The number of rotatable bonds is 1. The lowest BCUT2D eigenvalue weighted by molar-refractivity contribution is -0.118. The summed E-state index contributed by atoms with van der Waals surface area (Å²) in [6.45, 7) is 0. The van der Waals surface area contributed by atoms with Crippen LogP contribution in [0, 0.1) is 11.6 Å². The summed E-state index contributed by atoms with van der Waals surface area (Å²) in [5.41, 5.74) is 0.604. The second kappa shape index (κ2) is 4.17. The lowest BCUT2D eigenvalue weighted by atomic mass is 10.1. The summed E-state index contributed by atoms with van der Waals surface area (Å²) in [5.74, 6) is -1.62. The zero-order valence-corrected chi connectivity index (χ0v) is 8.81. The topological polar surface area (TPSA) is 41.1 Å². The first-order valence-electron chi connectivity index (χ1n) is 5.08. The average Bonchev–Trinajstić information content (AvgIpc) is 2.38. The number of hydrogen-bond donors (Lipinski definition) is 2. The largest absolute Gasteiger partial charge is 0.322 e. The zero-order chi connectivity index (χ0) is 11.7. The Morgan fingerprint density at radius 3 is 2.88 bits per heavy atom. The molecule has 5 heteroatoms. The normalized spacial score (nSPS) is 19.9. The van der Waals surface area contributed by atoms with Crippen molar-refractivity contribution in [2.75, 3.05) is 12.4 Å². The number of carbonyl (C=O) groups excluding carboxylic acids is 1. The van der Waals surface area contributed by atoms with E-state index in [9.17, 15) is 13.6 Å². The van der Waals surface area contributed by atoms with E-state index in [1.807, 2.05) is 0 Å². The molecule has 0 spiro atoms. The molecule has 0 unspecified atom stereocenters. The highest BCUT2D eigenvalue weighted by atomic mass is 19.1. The first-order chi connectivity index (χ1) is 7.61. The van der Waals surface area contributed by atoms with Crippen LogP contribution in [-0.4, -0.2) is 19.0 Å². The number of hydrogen-bond acceptors (Lipinski definition) is 2. The minimum Gasteiger partial charge on any atom is -0.322 e. The molecule has 0 bridgehead atoms. The van der Waals surface area contributed by atoms with E-state index in [0.717, 1.165) is 6.07 Å². The van der Waals surface area contributed by atoms with E-state index in [2.05, 4.69) is 10.6 Å². The van der Waals surface area contributed by atoms with Gasteiger partial charge in [0.25, 0.3) is 0 Å². The summed E-state index contributed by atoms with van der Waals surface area (Å²) in [5, 5.41) is 5.31. The van der Waals surface area contributed by atoms with Crippen molar-refractivity contribution in [3.8, 4) is 0 Å². The van der Waals surface area contributed by atoms with E-state index in [1.165, 1.54) is 6.07 Å². The highest BCUT2D eigenvalue weighted by Gasteiger charge is 2.24. The molecule has 0 saturated heterocycles. The van der Waals surface area contributed by atoms with Crippen LogP contribution >= 0.6 is 0 Å². The molecule has 16 heavy (non-hydrogen) atoms. The van der Waals surface area contributed by atoms with Gasteiger partial charge in [-0.3, -0.25) is 4.79 Å². The number of aryl methyl sites for hydroxylation is 1. The number of nitrogens with one attached hydrogen (secondary N) is 2. The summed E-state index contributed by atoms with van der Waals surface area (Å²) in [4.78, 5) is 11.6. The third-order valence-corrected chi connectivity index (χ3v) is 2.75. The molecule has 1 amide bonds. The van der Waals surface area contributed by atoms with Gasteiger partial charge >= 0.3 is 0 Å². The summed E-state index contributed by atoms with van der Waals surface area (Å²) < 4.78 is 26.4. The molecule has 1 aliphatic rings. The van der Waals surface area contributed by atoms with Crippen LogP contribution in [0.15, 0.2) is 12.1 Å². The third-order valence-electron chi connectivity index (χ3n) is 2.75. The number of amides is 1. The van der Waals surface area contributed by atoms with Gasteiger partial charge in [-0.2, -0.15) is 0 Å². The van der Waals surface area contributed by atoms with Crippen LogP contribution in [0.25, 0.3) is 0 Å². The predicted molar refractivity (Wildman–Crippen MR) is 56.2 cm³/mol. The number of likely N-dealkylation sites (N-methyl/N-ethyl adjacent to an activating group) is 1. The summed E-state index contributed by atoms with van der Waals surface area (Å²) >= 11 is 0. The van der Waals surface area contributed by atoms with Crippen LogP contribution in [0.1, 0.15) is 12.0 Å². The second-order valence-electron chi connectivity index (χ2n) is 3.79. The van der Waals surface area contributed by atoms with Crippen molar-refractivity contribution in [3.63, 3.8) is 0 Å². The Labute approximate surface area is 91.8 Å². The van der Waals surface area contributed by atoms with Crippen LogP contribution in [0.2, 0.25) is 0 Å². The van der Waals surface area contributed by atoms with E-state index in [1.54, 1.807) is 7.05 Å². The Hall–Kier alpha value is -1.49. The fourth-order valence-electron chi connectivity index (χ4n) is 1.88. The Bertz CT molecular complexity index is 434. The van der Waals surface area contributed by atoms with Crippen molar-refractivity contribution < 1.29 is 13.6 Å². The average molecular weight is 226 g/mol. The van der Waals surface area contributed by atoms with Gasteiger partial charge in [0, 0.05) is 6.07 Å². The van der Waals surface area contributed by atoms with Crippen LogP contribution in [0.3, 0.4) is 0 Å². The number of halogens is 2. The first kappa shape index (κ1) is 11.0. The van der Waals surface area contributed by atoms with Gasteiger partial charge in [0.15, 0.2) is 0 Å². The maximum absolute atomic E-state index is 13.4. The van der Waals surface area contributed by atoms with Crippen molar-refractivity contribution in [3.05, 3.63) is 29.3 Å². The van der Waals surface area contributed by atoms with Crippen LogP contribution in [0.4, 0.5) is 14.5 Å². The monoisotopic (exact) mass is 226 g/mol. The van der Waals surface area contributed by atoms with Gasteiger partial charge in [0.05, 0.1) is 11.7 Å². The second-order valence-corrected chi connectivity index (χ2v) is 3.79. The van der Waals surface area contributed by atoms with E-state index in [4.69, 9.17) is 0 Å². The highest BCUT2D eigenvalue weighted by Crippen LogP contribution is 2.26. The van der Waals surface area contributed by atoms with Crippen LogP contribution in [-0.2, 0) is 11.2 Å². The zero-order valence-electron chi connectivity index (χ0n) is 8.81. The van der Waals surface area contributed by atoms with Gasteiger partial charge in [0.2, 0.25) is 5.91 Å². The fraction of sp³-hybridized carbons (Fsp3) is 0.364. The van der Waals surface area contributed by atoms with Crippen molar-refractivity contribution in [1.29, 1.82) is 0 Å². The quantitative estimate of drug-likeness (QED) is 0.760. The predicted octanol–water partition coefficient (Wildman–Crippen LogP) is 1.44. The summed E-state index contributed by atoms with van der Waals surface area (Å²) in [6, 6.07) is 1.67. The minimum absolute atomic E-state index is 0.101. The smallest absolute Gasteiger partial charge is 0.241 e. The van der Waals surface area contributed by atoms with Gasteiger partial charge in [-0.15, -0.1) is 0 Å². The molecule has 3 nitrogen and oxygen atoms in total. The lowest BCUT2D eigenvalue weighted by Gasteiger charge is -2.11. The van der Waals surface area contributed by atoms with Gasteiger partial charge in [-0.1, -0.05) is 0 Å². The molecular formula is C11H12F2N2O. The van der Waals surface area contributed by atoms with Crippen LogP contribution in [0.5, 0.6) is 0 Å². The maximum Gasteiger partial charge on any atom is 0.241 e. The SMILES string of the molecule is CN[C@@H]1CCc2cc(F)cc(F)c2NC1=O. The van der Waals surface area contributed by atoms with Gasteiger partial charge in [-0.05, 0) is 31.5 Å². The summed E-state index contributed by atoms with van der Waals surface area (Å²) in [7, 11) is 1.66. The molecule has 1 heterocycles. The van der Waals surface area contributed by atoms with Crippen molar-refractivity contribution >= 4 is 11.6 Å². The van der Waals surface area contributed by atoms with Crippen molar-refractivity contribution in [2.24, 2.45) is 0 Å². The molecule has 1 aromatic rings. The number of fused-ring (bicyclic) bond motifs is 1. The van der Waals surface area contributed by atoms with Crippen LogP contribution < -0.4 is 10.6 Å². The molecule has 1 aliphatic heterocycles. The Balaban J connectivity index is 2.40. The molecule has 0 saturated carbocycles. The van der Waals surface area contributed by atoms with Gasteiger partial charge in [0.1, 0.15) is 11.6 Å². The van der Waals surface area contributed by atoms with E-state index in [0.29, 0.717) is 18.4 Å². The first-order valence-corrected chi connectivity index (χ1v) is 5.08. The molecular weight excluding hydrogens is 214 g/mol. The number of benzene rings is 1. The fourth-order valence-corrected chi connectivity index (χ4v) is 1.88. The molecule has 2 N–H and O–H groups in total. The molecule has 1 aromatic carbocycles. The van der Waals surface area contributed by atoms with E-state index < -0.39 is 11.6 Å².